The molecule has 148 valence electrons. The summed E-state index contributed by atoms with van der Waals surface area (Å²) in [5.74, 6) is -1.03. The Labute approximate surface area is 172 Å². The Balaban J connectivity index is 1.77. The number of ether oxygens (including phenoxy) is 1. The summed E-state index contributed by atoms with van der Waals surface area (Å²) in [7, 11) is 0. The first-order valence-electron chi connectivity index (χ1n) is 9.09. The van der Waals surface area contributed by atoms with Crippen molar-refractivity contribution in [3.05, 3.63) is 81.9 Å². The maximum Gasteiger partial charge on any atom is 0.311 e. The van der Waals surface area contributed by atoms with Gasteiger partial charge in [-0.1, -0.05) is 48.0 Å². The highest BCUT2D eigenvalue weighted by Gasteiger charge is 2.19. The number of anilines is 1. The molecule has 6 nitrogen and oxygen atoms in total. The fourth-order valence-electron chi connectivity index (χ4n) is 2.71. The second-order valence-electron chi connectivity index (χ2n) is 6.32. The molecule has 0 spiro atoms. The molecule has 0 radical (unpaired) electrons. The Hall–Kier alpha value is -3.32. The van der Waals surface area contributed by atoms with Gasteiger partial charge in [0.25, 0.3) is 5.91 Å². The first-order valence-corrected chi connectivity index (χ1v) is 9.97. The Morgan fingerprint density at radius 2 is 1.72 bits per heavy atom. The molecule has 3 rings (SSSR count). The molecule has 29 heavy (non-hydrogen) atoms. The van der Waals surface area contributed by atoms with Crippen molar-refractivity contribution in [2.24, 2.45) is 0 Å². The van der Waals surface area contributed by atoms with Gasteiger partial charge in [0.15, 0.2) is 10.9 Å². The fraction of sp³-hybridized carbons (Fsp3) is 0.182. The van der Waals surface area contributed by atoms with Crippen LogP contribution in [0.5, 0.6) is 0 Å². The van der Waals surface area contributed by atoms with Crippen molar-refractivity contribution in [3.8, 4) is 0 Å². The first-order chi connectivity index (χ1) is 14.0. The summed E-state index contributed by atoms with van der Waals surface area (Å²) in [6.07, 6.45) is 0.0444. The van der Waals surface area contributed by atoms with E-state index in [0.29, 0.717) is 28.6 Å². The van der Waals surface area contributed by atoms with Gasteiger partial charge in [0.2, 0.25) is 0 Å². The van der Waals surface area contributed by atoms with E-state index in [1.165, 1.54) is 11.3 Å². The number of aryl methyl sites for hydroxylation is 1. The minimum absolute atomic E-state index is 0.0444. The highest BCUT2D eigenvalue weighted by atomic mass is 32.1. The molecule has 0 aliphatic carbocycles. The number of rotatable bonds is 7. The van der Waals surface area contributed by atoms with Crippen molar-refractivity contribution in [3.63, 3.8) is 0 Å². The number of carbonyl (C=O) groups excluding carboxylic acids is 3. The number of carbonyl (C=O) groups is 3. The summed E-state index contributed by atoms with van der Waals surface area (Å²) in [6, 6.07) is 13.9. The lowest BCUT2D eigenvalue weighted by atomic mass is 9.97. The number of hydrogen-bond acceptors (Lipinski definition) is 6. The van der Waals surface area contributed by atoms with Crippen LogP contribution in [0, 0.1) is 6.92 Å². The van der Waals surface area contributed by atoms with Crippen LogP contribution in [0.4, 0.5) is 5.13 Å². The standard InChI is InChI=1S/C22H20N2O4S/c1-3-28-19(25)12-16-13-29-22(23-16)24-21(27)18-7-5-4-6-17(18)20(26)15-10-8-14(2)9-11-15/h4-11,13H,3,12H2,1-2H3,(H,23,24,27). The van der Waals surface area contributed by atoms with Crippen LogP contribution in [0.3, 0.4) is 0 Å². The number of esters is 1. The number of aromatic nitrogens is 1. The zero-order chi connectivity index (χ0) is 20.8. The van der Waals surface area contributed by atoms with Crippen LogP contribution in [-0.4, -0.2) is 29.3 Å². The van der Waals surface area contributed by atoms with E-state index in [1.807, 2.05) is 19.1 Å². The molecule has 1 amide bonds. The van der Waals surface area contributed by atoms with Gasteiger partial charge in [0, 0.05) is 16.5 Å². The molecule has 2 aromatic carbocycles. The third-order valence-corrected chi connectivity index (χ3v) is 4.94. The summed E-state index contributed by atoms with van der Waals surface area (Å²) in [5.41, 5.74) is 2.67. The highest BCUT2D eigenvalue weighted by molar-refractivity contribution is 7.14. The molecule has 7 heteroatoms. The van der Waals surface area contributed by atoms with E-state index in [9.17, 15) is 14.4 Å². The molecule has 0 fully saturated rings. The van der Waals surface area contributed by atoms with Crippen LogP contribution in [0.25, 0.3) is 0 Å². The highest BCUT2D eigenvalue weighted by Crippen LogP contribution is 2.20. The summed E-state index contributed by atoms with van der Waals surface area (Å²) in [4.78, 5) is 41.4. The molecule has 1 N–H and O–H groups in total. The van der Waals surface area contributed by atoms with Crippen molar-refractivity contribution in [1.29, 1.82) is 0 Å². The van der Waals surface area contributed by atoms with E-state index in [1.54, 1.807) is 48.7 Å². The molecule has 1 aromatic heterocycles. The number of nitrogens with zero attached hydrogens (tertiary/aromatic N) is 1. The predicted molar refractivity (Wildman–Crippen MR) is 111 cm³/mol. The maximum absolute atomic E-state index is 12.9. The molecule has 3 aromatic rings. The number of benzene rings is 2. The van der Waals surface area contributed by atoms with Gasteiger partial charge < -0.3 is 4.74 Å². The van der Waals surface area contributed by atoms with E-state index in [0.717, 1.165) is 5.56 Å². The van der Waals surface area contributed by atoms with Gasteiger partial charge in [-0.15, -0.1) is 11.3 Å². The number of amides is 1. The van der Waals surface area contributed by atoms with Crippen molar-refractivity contribution in [2.45, 2.75) is 20.3 Å². The van der Waals surface area contributed by atoms with Gasteiger partial charge in [-0.25, -0.2) is 4.98 Å². The zero-order valence-corrected chi connectivity index (χ0v) is 16.9. The predicted octanol–water partition coefficient (Wildman–Crippen LogP) is 4.04. The van der Waals surface area contributed by atoms with Crippen LogP contribution in [0.1, 0.15) is 44.5 Å². The third-order valence-electron chi connectivity index (χ3n) is 4.13. The number of thiazole rings is 1. The normalized spacial score (nSPS) is 10.4. The maximum atomic E-state index is 12.9. The molecule has 0 aliphatic heterocycles. The van der Waals surface area contributed by atoms with E-state index in [4.69, 9.17) is 4.74 Å². The quantitative estimate of drug-likeness (QED) is 0.471. The van der Waals surface area contributed by atoms with E-state index >= 15 is 0 Å². The van der Waals surface area contributed by atoms with Gasteiger partial charge in [-0.2, -0.15) is 0 Å². The van der Waals surface area contributed by atoms with Gasteiger partial charge in [0.05, 0.1) is 24.3 Å². The number of ketones is 1. The van der Waals surface area contributed by atoms with Gasteiger partial charge in [0.1, 0.15) is 0 Å². The largest absolute Gasteiger partial charge is 0.466 e. The molecule has 0 saturated carbocycles. The molecular formula is C22H20N2O4S. The van der Waals surface area contributed by atoms with E-state index in [-0.39, 0.29) is 23.7 Å². The van der Waals surface area contributed by atoms with Crippen LogP contribution < -0.4 is 5.32 Å². The number of hydrogen-bond donors (Lipinski definition) is 1. The average Bonchev–Trinajstić information content (AvgIpc) is 3.14. The Kier molecular flexibility index (Phi) is 6.51. The Morgan fingerprint density at radius 3 is 2.41 bits per heavy atom. The monoisotopic (exact) mass is 408 g/mol. The Morgan fingerprint density at radius 1 is 1.03 bits per heavy atom. The van der Waals surface area contributed by atoms with Crippen LogP contribution in [0.15, 0.2) is 53.9 Å². The minimum atomic E-state index is -0.432. The van der Waals surface area contributed by atoms with Crippen molar-refractivity contribution in [1.82, 2.24) is 4.98 Å². The van der Waals surface area contributed by atoms with Crippen LogP contribution in [0.2, 0.25) is 0 Å². The summed E-state index contributed by atoms with van der Waals surface area (Å²) >= 11 is 1.21. The van der Waals surface area contributed by atoms with Crippen LogP contribution >= 0.6 is 11.3 Å². The van der Waals surface area contributed by atoms with E-state index in [2.05, 4.69) is 10.3 Å². The fourth-order valence-corrected chi connectivity index (χ4v) is 3.41. The lowest BCUT2D eigenvalue weighted by Gasteiger charge is -2.08. The lowest BCUT2D eigenvalue weighted by molar-refractivity contribution is -0.142. The molecule has 0 saturated heterocycles. The second-order valence-corrected chi connectivity index (χ2v) is 7.18. The van der Waals surface area contributed by atoms with Crippen molar-refractivity contribution >= 4 is 34.1 Å². The Bertz CT molecular complexity index is 1040. The molecule has 1 heterocycles. The van der Waals surface area contributed by atoms with Gasteiger partial charge in [-0.05, 0) is 19.9 Å². The van der Waals surface area contributed by atoms with Gasteiger partial charge in [-0.3, -0.25) is 19.7 Å². The minimum Gasteiger partial charge on any atom is -0.466 e. The van der Waals surface area contributed by atoms with Crippen LogP contribution in [-0.2, 0) is 16.0 Å². The SMILES string of the molecule is CCOC(=O)Cc1csc(NC(=O)c2ccccc2C(=O)c2ccc(C)cc2)n1. The number of nitrogens with one attached hydrogen (secondary N) is 1. The topological polar surface area (TPSA) is 85.4 Å². The molecular weight excluding hydrogens is 388 g/mol. The summed E-state index contributed by atoms with van der Waals surface area (Å²) in [5, 5.41) is 4.75. The molecule has 0 aliphatic rings. The zero-order valence-electron chi connectivity index (χ0n) is 16.1. The van der Waals surface area contributed by atoms with E-state index < -0.39 is 5.91 Å². The van der Waals surface area contributed by atoms with Crippen molar-refractivity contribution in [2.75, 3.05) is 11.9 Å². The lowest BCUT2D eigenvalue weighted by Crippen LogP contribution is -2.17. The second kappa shape index (κ2) is 9.25. The average molecular weight is 408 g/mol. The molecule has 0 atom stereocenters. The van der Waals surface area contributed by atoms with Gasteiger partial charge >= 0.3 is 5.97 Å². The molecule has 0 unspecified atom stereocenters. The first kappa shape index (κ1) is 20.4. The third kappa shape index (κ3) is 5.14. The smallest absolute Gasteiger partial charge is 0.311 e. The molecule has 0 bridgehead atoms. The van der Waals surface area contributed by atoms with Crippen molar-refractivity contribution < 1.29 is 19.1 Å². The summed E-state index contributed by atoms with van der Waals surface area (Å²) < 4.78 is 4.90. The summed E-state index contributed by atoms with van der Waals surface area (Å²) in [6.45, 7) is 3.98.